The Balaban J connectivity index is 2.01. The molecule has 0 saturated heterocycles. The van der Waals surface area contributed by atoms with Gasteiger partial charge < -0.3 is 11.5 Å². The van der Waals surface area contributed by atoms with Gasteiger partial charge in [0.25, 0.3) is 0 Å². The van der Waals surface area contributed by atoms with Crippen LogP contribution < -0.4 is 11.5 Å². The Kier molecular flexibility index (Phi) is 4.13. The summed E-state index contributed by atoms with van der Waals surface area (Å²) >= 11 is 0. The summed E-state index contributed by atoms with van der Waals surface area (Å²) in [5, 5.41) is 1.02. The van der Waals surface area contributed by atoms with Gasteiger partial charge in [0.2, 0.25) is 0 Å². The second-order valence-corrected chi connectivity index (χ2v) is 5.50. The summed E-state index contributed by atoms with van der Waals surface area (Å²) < 4.78 is 0. The number of hydrogen-bond donors (Lipinski definition) is 2. The molecular weight excluding hydrogens is 272 g/mol. The van der Waals surface area contributed by atoms with E-state index in [4.69, 9.17) is 11.5 Å². The fourth-order valence-electron chi connectivity index (χ4n) is 2.60. The molecule has 1 heterocycles. The summed E-state index contributed by atoms with van der Waals surface area (Å²) in [5.74, 6) is 0.654. The molecule has 4 N–H and O–H groups in total. The molecule has 1 atom stereocenters. The fourth-order valence-corrected chi connectivity index (χ4v) is 2.60. The van der Waals surface area contributed by atoms with Crippen molar-refractivity contribution in [3.05, 3.63) is 60.0 Å². The Morgan fingerprint density at radius 2 is 1.95 bits per heavy atom. The molecule has 112 valence electrons. The van der Waals surface area contributed by atoms with E-state index in [-0.39, 0.29) is 6.04 Å². The zero-order valence-electron chi connectivity index (χ0n) is 12.7. The fraction of sp³-hybridized carbons (Fsp3) is 0.222. The van der Waals surface area contributed by atoms with Gasteiger partial charge >= 0.3 is 0 Å². The van der Waals surface area contributed by atoms with E-state index in [0.29, 0.717) is 18.8 Å². The molecule has 0 aliphatic rings. The molecule has 1 aromatic heterocycles. The van der Waals surface area contributed by atoms with Crippen molar-refractivity contribution in [3.8, 4) is 11.1 Å². The summed E-state index contributed by atoms with van der Waals surface area (Å²) in [7, 11) is 0. The van der Waals surface area contributed by atoms with Gasteiger partial charge in [-0.3, -0.25) is 0 Å². The molecule has 0 aliphatic heterocycles. The van der Waals surface area contributed by atoms with Crippen molar-refractivity contribution in [1.29, 1.82) is 0 Å². The Labute approximate surface area is 130 Å². The largest absolute Gasteiger partial charge is 0.330 e. The lowest BCUT2D eigenvalue weighted by molar-refractivity contribution is 0.624. The predicted octanol–water partition coefficient (Wildman–Crippen LogP) is 2.95. The molecule has 0 spiro atoms. The molecule has 1 unspecified atom stereocenters. The highest BCUT2D eigenvalue weighted by Gasteiger charge is 2.10. The van der Waals surface area contributed by atoms with Crippen LogP contribution in [0.25, 0.3) is 22.0 Å². The number of benzene rings is 2. The van der Waals surface area contributed by atoms with E-state index in [0.717, 1.165) is 10.9 Å². The number of aromatic nitrogens is 2. The van der Waals surface area contributed by atoms with Crippen LogP contribution in [-0.2, 0) is 0 Å². The molecule has 4 heteroatoms. The molecule has 3 rings (SSSR count). The highest BCUT2D eigenvalue weighted by atomic mass is 14.9. The predicted molar refractivity (Wildman–Crippen MR) is 90.3 cm³/mol. The number of aryl methyl sites for hydroxylation is 1. The van der Waals surface area contributed by atoms with Crippen LogP contribution in [0.2, 0.25) is 0 Å². The van der Waals surface area contributed by atoms with Crippen molar-refractivity contribution in [2.45, 2.75) is 19.4 Å². The highest BCUT2D eigenvalue weighted by molar-refractivity contribution is 5.84. The first-order valence-electron chi connectivity index (χ1n) is 7.47. The number of nitrogens with zero attached hydrogens (tertiary/aromatic N) is 2. The van der Waals surface area contributed by atoms with E-state index >= 15 is 0 Å². The topological polar surface area (TPSA) is 77.8 Å². The third-order valence-corrected chi connectivity index (χ3v) is 3.86. The molecule has 2 aromatic carbocycles. The third kappa shape index (κ3) is 2.84. The lowest BCUT2D eigenvalue weighted by Crippen LogP contribution is -2.17. The third-order valence-electron chi connectivity index (χ3n) is 3.86. The van der Waals surface area contributed by atoms with Gasteiger partial charge in [-0.25, -0.2) is 9.97 Å². The van der Waals surface area contributed by atoms with E-state index in [1.54, 1.807) is 0 Å². The van der Waals surface area contributed by atoms with Crippen LogP contribution >= 0.6 is 0 Å². The van der Waals surface area contributed by atoms with Crippen LogP contribution in [0.15, 0.2) is 48.7 Å². The van der Waals surface area contributed by atoms with Gasteiger partial charge in [-0.15, -0.1) is 0 Å². The number of rotatable bonds is 4. The van der Waals surface area contributed by atoms with E-state index in [2.05, 4.69) is 47.2 Å². The monoisotopic (exact) mass is 292 g/mol. The highest BCUT2D eigenvalue weighted by Crippen LogP contribution is 2.26. The van der Waals surface area contributed by atoms with Crippen molar-refractivity contribution in [2.75, 3.05) is 6.54 Å². The molecule has 3 aromatic rings. The second kappa shape index (κ2) is 6.22. The summed E-state index contributed by atoms with van der Waals surface area (Å²) in [6.45, 7) is 2.65. The zero-order chi connectivity index (χ0) is 15.5. The maximum absolute atomic E-state index is 6.03. The summed E-state index contributed by atoms with van der Waals surface area (Å²) in [4.78, 5) is 8.95. The quantitative estimate of drug-likeness (QED) is 0.775. The van der Waals surface area contributed by atoms with Crippen molar-refractivity contribution in [3.63, 3.8) is 0 Å². The molecule has 0 amide bonds. The molecule has 0 bridgehead atoms. The standard InChI is InChI=1S/C18H20N4/c1-12-4-2-3-5-15(12)13-6-7-17-14(10-13)11-21-18(22-17)16(20)8-9-19/h2-7,10-11,16H,8-9,19-20H2,1H3. The first kappa shape index (κ1) is 14.6. The maximum Gasteiger partial charge on any atom is 0.145 e. The normalized spacial score (nSPS) is 12.5. The Hall–Kier alpha value is -2.30. The molecule has 4 nitrogen and oxygen atoms in total. The van der Waals surface area contributed by atoms with Crippen LogP contribution in [0.1, 0.15) is 23.9 Å². The van der Waals surface area contributed by atoms with Crippen molar-refractivity contribution < 1.29 is 0 Å². The molecule has 22 heavy (non-hydrogen) atoms. The average molecular weight is 292 g/mol. The van der Waals surface area contributed by atoms with Gasteiger partial charge in [0.05, 0.1) is 11.6 Å². The Bertz CT molecular complexity index is 798. The van der Waals surface area contributed by atoms with Gasteiger partial charge in [-0.1, -0.05) is 30.3 Å². The van der Waals surface area contributed by atoms with Gasteiger partial charge in [0.1, 0.15) is 5.82 Å². The Morgan fingerprint density at radius 1 is 1.14 bits per heavy atom. The summed E-state index contributed by atoms with van der Waals surface area (Å²) in [6, 6.07) is 14.4. The number of nitrogens with two attached hydrogens (primary N) is 2. The second-order valence-electron chi connectivity index (χ2n) is 5.50. The lowest BCUT2D eigenvalue weighted by Gasteiger charge is -2.10. The summed E-state index contributed by atoms with van der Waals surface area (Å²) in [5.41, 5.74) is 16.1. The van der Waals surface area contributed by atoms with E-state index in [1.165, 1.54) is 16.7 Å². The van der Waals surface area contributed by atoms with Gasteiger partial charge in [-0.05, 0) is 48.7 Å². The zero-order valence-corrected chi connectivity index (χ0v) is 12.7. The van der Waals surface area contributed by atoms with E-state index in [1.807, 2.05) is 18.3 Å². The van der Waals surface area contributed by atoms with E-state index in [9.17, 15) is 0 Å². The van der Waals surface area contributed by atoms with Crippen LogP contribution in [0.3, 0.4) is 0 Å². The minimum Gasteiger partial charge on any atom is -0.330 e. The first-order valence-corrected chi connectivity index (χ1v) is 7.47. The molecule has 0 radical (unpaired) electrons. The lowest BCUT2D eigenvalue weighted by atomic mass is 9.99. The van der Waals surface area contributed by atoms with E-state index < -0.39 is 0 Å². The number of fused-ring (bicyclic) bond motifs is 1. The van der Waals surface area contributed by atoms with Gasteiger partial charge in [-0.2, -0.15) is 0 Å². The van der Waals surface area contributed by atoms with Crippen LogP contribution in [0, 0.1) is 6.92 Å². The molecule has 0 saturated carbocycles. The maximum atomic E-state index is 6.03. The Morgan fingerprint density at radius 3 is 2.73 bits per heavy atom. The van der Waals surface area contributed by atoms with Crippen molar-refractivity contribution >= 4 is 10.9 Å². The molecule has 0 fully saturated rings. The van der Waals surface area contributed by atoms with Crippen molar-refractivity contribution in [2.24, 2.45) is 11.5 Å². The smallest absolute Gasteiger partial charge is 0.145 e. The summed E-state index contributed by atoms with van der Waals surface area (Å²) in [6.07, 6.45) is 2.53. The first-order chi connectivity index (χ1) is 10.7. The molecular formula is C18H20N4. The number of hydrogen-bond acceptors (Lipinski definition) is 4. The molecule has 0 aliphatic carbocycles. The minimum atomic E-state index is -0.203. The van der Waals surface area contributed by atoms with Crippen LogP contribution in [0.5, 0.6) is 0 Å². The van der Waals surface area contributed by atoms with Gasteiger partial charge in [0.15, 0.2) is 0 Å². The average Bonchev–Trinajstić information content (AvgIpc) is 2.54. The van der Waals surface area contributed by atoms with Gasteiger partial charge in [0, 0.05) is 11.6 Å². The SMILES string of the molecule is Cc1ccccc1-c1ccc2nc(C(N)CCN)ncc2c1. The van der Waals surface area contributed by atoms with Crippen molar-refractivity contribution in [1.82, 2.24) is 9.97 Å². The minimum absolute atomic E-state index is 0.203. The van der Waals surface area contributed by atoms with Crippen LogP contribution in [-0.4, -0.2) is 16.5 Å². The van der Waals surface area contributed by atoms with Crippen LogP contribution in [0.4, 0.5) is 0 Å².